The molecule has 0 aromatic carbocycles. The summed E-state index contributed by atoms with van der Waals surface area (Å²) in [6.07, 6.45) is 1.63. The standard InChI is InChI=1S/C14H21N3O3/c1-8(2)11-14(15-3)17(7-16-11)10-5-9(6-20-4)12(18)13(10)19/h5,7,10,12-13,15,18-19H,1,6H2,2-4H3. The summed E-state index contributed by atoms with van der Waals surface area (Å²) < 4.78 is 6.84. The monoisotopic (exact) mass is 279 g/mol. The first-order valence-electron chi connectivity index (χ1n) is 6.47. The minimum absolute atomic E-state index is 0.297. The SMILES string of the molecule is C=C(C)c1ncn(C2C=C(COC)C(O)C2O)c1NC. The predicted molar refractivity (Wildman–Crippen MR) is 77.5 cm³/mol. The number of aromatic nitrogens is 2. The van der Waals surface area contributed by atoms with Crippen molar-refractivity contribution in [1.29, 1.82) is 0 Å². The zero-order chi connectivity index (χ0) is 14.9. The molecule has 3 N–H and O–H groups in total. The fraction of sp³-hybridized carbons (Fsp3) is 0.500. The molecule has 0 bridgehead atoms. The number of aliphatic hydroxyl groups excluding tert-OH is 2. The molecule has 0 aliphatic heterocycles. The Morgan fingerprint density at radius 2 is 2.25 bits per heavy atom. The van der Waals surface area contributed by atoms with Crippen molar-refractivity contribution >= 4 is 11.4 Å². The summed E-state index contributed by atoms with van der Waals surface area (Å²) in [7, 11) is 3.35. The van der Waals surface area contributed by atoms with Gasteiger partial charge in [-0.05, 0) is 18.1 Å². The van der Waals surface area contributed by atoms with E-state index in [4.69, 9.17) is 4.74 Å². The Morgan fingerprint density at radius 3 is 2.80 bits per heavy atom. The van der Waals surface area contributed by atoms with Crippen molar-refractivity contribution < 1.29 is 14.9 Å². The van der Waals surface area contributed by atoms with Crippen molar-refractivity contribution in [2.45, 2.75) is 25.2 Å². The maximum atomic E-state index is 10.2. The van der Waals surface area contributed by atoms with Crippen molar-refractivity contribution in [3.05, 3.63) is 30.2 Å². The number of anilines is 1. The first kappa shape index (κ1) is 14.8. The molecule has 0 amide bonds. The zero-order valence-corrected chi connectivity index (χ0v) is 12.0. The van der Waals surface area contributed by atoms with E-state index in [0.717, 1.165) is 17.1 Å². The van der Waals surface area contributed by atoms with E-state index in [1.165, 1.54) is 0 Å². The summed E-state index contributed by atoms with van der Waals surface area (Å²) in [5.41, 5.74) is 2.27. The molecule has 1 aliphatic carbocycles. The average Bonchev–Trinajstić information content (AvgIpc) is 2.95. The summed E-state index contributed by atoms with van der Waals surface area (Å²) in [6, 6.07) is -0.377. The summed E-state index contributed by atoms with van der Waals surface area (Å²) in [5.74, 6) is 0.767. The number of hydrogen-bond donors (Lipinski definition) is 3. The maximum Gasteiger partial charge on any atom is 0.134 e. The van der Waals surface area contributed by atoms with Crippen LogP contribution < -0.4 is 5.32 Å². The smallest absolute Gasteiger partial charge is 0.134 e. The van der Waals surface area contributed by atoms with E-state index in [1.807, 2.05) is 13.0 Å². The third kappa shape index (κ3) is 2.37. The van der Waals surface area contributed by atoms with Crippen LogP contribution in [0.25, 0.3) is 5.57 Å². The molecule has 6 nitrogen and oxygen atoms in total. The van der Waals surface area contributed by atoms with E-state index in [9.17, 15) is 10.2 Å². The molecule has 0 saturated heterocycles. The highest BCUT2D eigenvalue weighted by atomic mass is 16.5. The molecule has 3 atom stereocenters. The lowest BCUT2D eigenvalue weighted by Gasteiger charge is -2.20. The second-order valence-corrected chi connectivity index (χ2v) is 4.98. The Labute approximate surface area is 118 Å². The average molecular weight is 279 g/mol. The van der Waals surface area contributed by atoms with Gasteiger partial charge in [-0.25, -0.2) is 4.98 Å². The topological polar surface area (TPSA) is 79.5 Å². The summed E-state index contributed by atoms with van der Waals surface area (Å²) in [6.45, 7) is 6.06. The van der Waals surface area contributed by atoms with Crippen LogP contribution in [0.15, 0.2) is 24.6 Å². The van der Waals surface area contributed by atoms with E-state index >= 15 is 0 Å². The molecule has 3 unspecified atom stereocenters. The van der Waals surface area contributed by atoms with Gasteiger partial charge >= 0.3 is 0 Å². The molecule has 1 aliphatic rings. The lowest BCUT2D eigenvalue weighted by molar-refractivity contribution is 0.0267. The minimum atomic E-state index is -0.917. The number of aliphatic hydroxyl groups is 2. The summed E-state index contributed by atoms with van der Waals surface area (Å²) in [4.78, 5) is 4.31. The van der Waals surface area contributed by atoms with Gasteiger partial charge in [-0.3, -0.25) is 0 Å². The predicted octanol–water partition coefficient (Wildman–Crippen LogP) is 0.807. The van der Waals surface area contributed by atoms with Crippen molar-refractivity contribution in [1.82, 2.24) is 9.55 Å². The molecule has 1 aromatic heterocycles. The molecule has 1 aromatic rings. The third-order valence-corrected chi connectivity index (χ3v) is 3.51. The Bertz CT molecular complexity index is 536. The van der Waals surface area contributed by atoms with Crippen LogP contribution in [0.3, 0.4) is 0 Å². The van der Waals surface area contributed by atoms with Crippen LogP contribution in [-0.2, 0) is 4.74 Å². The van der Waals surface area contributed by atoms with Gasteiger partial charge in [0.15, 0.2) is 0 Å². The molecule has 110 valence electrons. The van der Waals surface area contributed by atoms with Crippen molar-refractivity contribution in [2.75, 3.05) is 26.1 Å². The Hall–Kier alpha value is -1.63. The molecular weight excluding hydrogens is 258 g/mol. The third-order valence-electron chi connectivity index (χ3n) is 3.51. The van der Waals surface area contributed by atoms with Gasteiger partial charge in [0.1, 0.15) is 23.7 Å². The quantitative estimate of drug-likeness (QED) is 0.695. The van der Waals surface area contributed by atoms with E-state index in [-0.39, 0.29) is 6.04 Å². The Kier molecular flexibility index (Phi) is 4.27. The molecule has 1 heterocycles. The van der Waals surface area contributed by atoms with Crippen LogP contribution in [0.5, 0.6) is 0 Å². The van der Waals surface area contributed by atoms with Gasteiger partial charge in [-0.2, -0.15) is 0 Å². The van der Waals surface area contributed by atoms with E-state index in [1.54, 1.807) is 25.1 Å². The molecule has 6 heteroatoms. The Morgan fingerprint density at radius 1 is 1.55 bits per heavy atom. The van der Waals surface area contributed by atoms with E-state index in [2.05, 4.69) is 16.9 Å². The van der Waals surface area contributed by atoms with Gasteiger partial charge in [-0.15, -0.1) is 0 Å². The molecule has 0 spiro atoms. The number of imidazole rings is 1. The van der Waals surface area contributed by atoms with Crippen LogP contribution in [0.2, 0.25) is 0 Å². The van der Waals surface area contributed by atoms with Gasteiger partial charge in [0.25, 0.3) is 0 Å². The van der Waals surface area contributed by atoms with Crippen LogP contribution in [0, 0.1) is 0 Å². The van der Waals surface area contributed by atoms with Gasteiger partial charge in [0.2, 0.25) is 0 Å². The second kappa shape index (κ2) is 5.78. The first-order chi connectivity index (χ1) is 9.51. The van der Waals surface area contributed by atoms with Gasteiger partial charge in [0, 0.05) is 14.2 Å². The number of nitrogens with zero attached hydrogens (tertiary/aromatic N) is 2. The van der Waals surface area contributed by atoms with Crippen molar-refractivity contribution in [3.8, 4) is 0 Å². The van der Waals surface area contributed by atoms with Gasteiger partial charge in [-0.1, -0.05) is 12.7 Å². The Balaban J connectivity index is 2.39. The lowest BCUT2D eigenvalue weighted by Crippen LogP contribution is -2.30. The summed E-state index contributed by atoms with van der Waals surface area (Å²) in [5, 5.41) is 23.3. The molecule has 0 saturated carbocycles. The van der Waals surface area contributed by atoms with Crippen LogP contribution in [-0.4, -0.2) is 52.7 Å². The first-order valence-corrected chi connectivity index (χ1v) is 6.47. The molecule has 2 rings (SSSR count). The van der Waals surface area contributed by atoms with Crippen molar-refractivity contribution in [2.24, 2.45) is 0 Å². The van der Waals surface area contributed by atoms with Crippen LogP contribution >= 0.6 is 0 Å². The van der Waals surface area contributed by atoms with Gasteiger partial charge in [0.05, 0.1) is 19.0 Å². The highest BCUT2D eigenvalue weighted by Crippen LogP contribution is 2.33. The highest BCUT2D eigenvalue weighted by Gasteiger charge is 2.36. The number of ether oxygens (including phenoxy) is 1. The van der Waals surface area contributed by atoms with Crippen molar-refractivity contribution in [3.63, 3.8) is 0 Å². The lowest BCUT2D eigenvalue weighted by atomic mass is 10.1. The number of rotatable bonds is 5. The summed E-state index contributed by atoms with van der Waals surface area (Å²) >= 11 is 0. The van der Waals surface area contributed by atoms with Crippen LogP contribution in [0.1, 0.15) is 18.7 Å². The van der Waals surface area contributed by atoms with Gasteiger partial charge < -0.3 is 24.8 Å². The van der Waals surface area contributed by atoms with E-state index < -0.39 is 12.2 Å². The fourth-order valence-corrected chi connectivity index (χ4v) is 2.51. The number of allylic oxidation sites excluding steroid dienone is 1. The minimum Gasteiger partial charge on any atom is -0.388 e. The van der Waals surface area contributed by atoms with Crippen LogP contribution in [0.4, 0.5) is 5.82 Å². The zero-order valence-electron chi connectivity index (χ0n) is 12.0. The molecule has 20 heavy (non-hydrogen) atoms. The number of hydrogen-bond acceptors (Lipinski definition) is 5. The number of nitrogens with one attached hydrogen (secondary N) is 1. The fourth-order valence-electron chi connectivity index (χ4n) is 2.51. The second-order valence-electron chi connectivity index (χ2n) is 4.98. The molecule has 0 fully saturated rings. The maximum absolute atomic E-state index is 10.2. The largest absolute Gasteiger partial charge is 0.388 e. The number of methoxy groups -OCH3 is 1. The van der Waals surface area contributed by atoms with E-state index in [0.29, 0.717) is 12.2 Å². The molecular formula is C14H21N3O3. The highest BCUT2D eigenvalue weighted by molar-refractivity contribution is 5.68. The molecule has 0 radical (unpaired) electrons. The normalized spacial score (nSPS) is 25.6.